The van der Waals surface area contributed by atoms with Gasteiger partial charge in [0.15, 0.2) is 0 Å². The van der Waals surface area contributed by atoms with Gasteiger partial charge in [0.2, 0.25) is 17.8 Å². The average molecular weight is 462 g/mol. The van der Waals surface area contributed by atoms with Gasteiger partial charge in [-0.3, -0.25) is 9.59 Å². The van der Waals surface area contributed by atoms with Gasteiger partial charge in [-0.1, -0.05) is 6.07 Å². The number of anilines is 3. The van der Waals surface area contributed by atoms with Gasteiger partial charge < -0.3 is 31.5 Å². The van der Waals surface area contributed by atoms with Gasteiger partial charge >= 0.3 is 0 Å². The van der Waals surface area contributed by atoms with E-state index in [9.17, 15) is 9.59 Å². The number of aryl methyl sites for hydroxylation is 2. The predicted molar refractivity (Wildman–Crippen MR) is 136 cm³/mol. The van der Waals surface area contributed by atoms with Gasteiger partial charge in [0.05, 0.1) is 12.1 Å². The van der Waals surface area contributed by atoms with Crippen molar-refractivity contribution in [3.63, 3.8) is 0 Å². The summed E-state index contributed by atoms with van der Waals surface area (Å²) in [6.45, 7) is 9.03. The molecule has 0 saturated carbocycles. The third kappa shape index (κ3) is 5.48. The van der Waals surface area contributed by atoms with Crippen molar-refractivity contribution in [3.8, 4) is 0 Å². The van der Waals surface area contributed by atoms with Crippen LogP contribution in [0.25, 0.3) is 0 Å². The molecular weight excluding hydrogens is 430 g/mol. The standard InChI is InChI=1S/C25H31N7O2/c1-16-12-17(2)14-20(13-16)28-24-22(23(26)34)15-27-25(30-24)29-19-4-6-21(7-5-19)32-10-8-31(9-11-32)18(3)33/h4-7,12-14,28H,8-11,15H2,1-3H3,(H2,26,34)(H2,27,29,30). The zero-order valence-corrected chi connectivity index (χ0v) is 19.8. The molecule has 0 radical (unpaired) electrons. The Bertz CT molecular complexity index is 1130. The number of nitrogens with two attached hydrogens (primary N) is 1. The quantitative estimate of drug-likeness (QED) is 0.542. The predicted octanol–water partition coefficient (Wildman–Crippen LogP) is 2.15. The van der Waals surface area contributed by atoms with E-state index in [1.165, 1.54) is 0 Å². The first kappa shape index (κ1) is 23.2. The molecule has 0 unspecified atom stereocenters. The van der Waals surface area contributed by atoms with Crippen LogP contribution in [0.15, 0.2) is 58.9 Å². The lowest BCUT2D eigenvalue weighted by atomic mass is 10.1. The molecule has 0 aliphatic carbocycles. The van der Waals surface area contributed by atoms with Crippen molar-refractivity contribution in [2.45, 2.75) is 20.8 Å². The summed E-state index contributed by atoms with van der Waals surface area (Å²) in [6.07, 6.45) is 0. The molecule has 2 aliphatic heterocycles. The van der Waals surface area contributed by atoms with E-state index in [-0.39, 0.29) is 12.5 Å². The average Bonchev–Trinajstić information content (AvgIpc) is 2.79. The number of guanidine groups is 1. The summed E-state index contributed by atoms with van der Waals surface area (Å²) in [5.74, 6) is 0.565. The summed E-state index contributed by atoms with van der Waals surface area (Å²) in [5.41, 5.74) is 11.0. The van der Waals surface area contributed by atoms with Crippen molar-refractivity contribution >= 4 is 34.8 Å². The second-order valence-electron chi connectivity index (χ2n) is 8.67. The van der Waals surface area contributed by atoms with Crippen LogP contribution in [0.4, 0.5) is 17.1 Å². The molecule has 0 spiro atoms. The summed E-state index contributed by atoms with van der Waals surface area (Å²) in [7, 11) is 0. The fourth-order valence-corrected chi connectivity index (χ4v) is 4.21. The van der Waals surface area contributed by atoms with Crippen LogP contribution >= 0.6 is 0 Å². The molecule has 2 aromatic carbocycles. The van der Waals surface area contributed by atoms with Crippen molar-refractivity contribution in [2.75, 3.05) is 48.3 Å². The Balaban J connectivity index is 1.46. The number of carbonyl (C=O) groups is 2. The largest absolute Gasteiger partial charge is 0.368 e. The highest BCUT2D eigenvalue weighted by atomic mass is 16.2. The normalized spacial score (nSPS) is 16.0. The number of aliphatic imine (C=N–C) groups is 1. The fraction of sp³-hybridized carbons (Fsp3) is 0.320. The fourth-order valence-electron chi connectivity index (χ4n) is 4.21. The third-order valence-electron chi connectivity index (χ3n) is 5.94. The highest BCUT2D eigenvalue weighted by Crippen LogP contribution is 2.22. The summed E-state index contributed by atoms with van der Waals surface area (Å²) >= 11 is 0. The number of hydrogen-bond acceptors (Lipinski definition) is 7. The van der Waals surface area contributed by atoms with Gasteiger partial charge in [-0.2, -0.15) is 4.99 Å². The number of rotatable bonds is 5. The molecule has 178 valence electrons. The molecule has 1 fully saturated rings. The smallest absolute Gasteiger partial charge is 0.250 e. The maximum atomic E-state index is 12.0. The SMILES string of the molecule is CC(=O)N1CCN(c2ccc(NC3=NC(Nc4cc(C)cc(C)c4)=C(C(N)=O)CN3)cc2)CC1. The van der Waals surface area contributed by atoms with Crippen molar-refractivity contribution in [3.05, 3.63) is 65.0 Å². The molecule has 4 rings (SSSR count). The van der Waals surface area contributed by atoms with E-state index in [0.717, 1.165) is 54.4 Å². The number of hydrogen-bond donors (Lipinski definition) is 4. The number of piperazine rings is 1. The van der Waals surface area contributed by atoms with Crippen molar-refractivity contribution in [1.29, 1.82) is 0 Å². The number of carbonyl (C=O) groups excluding carboxylic acids is 2. The van der Waals surface area contributed by atoms with Crippen LogP contribution in [0, 0.1) is 13.8 Å². The maximum Gasteiger partial charge on any atom is 0.250 e. The molecule has 5 N–H and O–H groups in total. The summed E-state index contributed by atoms with van der Waals surface area (Å²) in [5, 5.41) is 9.65. The first-order valence-electron chi connectivity index (χ1n) is 11.4. The number of nitrogens with zero attached hydrogens (tertiary/aromatic N) is 3. The molecule has 0 bridgehead atoms. The first-order valence-corrected chi connectivity index (χ1v) is 11.4. The van der Waals surface area contributed by atoms with Crippen LogP contribution in [0.5, 0.6) is 0 Å². The molecule has 9 nitrogen and oxygen atoms in total. The van der Waals surface area contributed by atoms with Gasteiger partial charge in [-0.15, -0.1) is 0 Å². The van der Waals surface area contributed by atoms with Gasteiger partial charge in [0, 0.05) is 50.2 Å². The Kier molecular flexibility index (Phi) is 6.72. The lowest BCUT2D eigenvalue weighted by molar-refractivity contribution is -0.129. The van der Waals surface area contributed by atoms with E-state index < -0.39 is 5.91 Å². The zero-order valence-electron chi connectivity index (χ0n) is 19.8. The Labute approximate surface area is 199 Å². The van der Waals surface area contributed by atoms with Crippen molar-refractivity contribution in [2.24, 2.45) is 10.7 Å². The molecule has 2 amide bonds. The van der Waals surface area contributed by atoms with Crippen LogP contribution in [0.2, 0.25) is 0 Å². The van der Waals surface area contributed by atoms with E-state index in [4.69, 9.17) is 5.73 Å². The third-order valence-corrected chi connectivity index (χ3v) is 5.94. The second kappa shape index (κ2) is 9.86. The van der Waals surface area contributed by atoms with Gasteiger partial charge in [0.1, 0.15) is 5.82 Å². The Morgan fingerprint density at radius 1 is 0.941 bits per heavy atom. The molecule has 9 heteroatoms. The number of primary amides is 1. The van der Waals surface area contributed by atoms with E-state index in [0.29, 0.717) is 17.4 Å². The zero-order chi connectivity index (χ0) is 24.2. The topological polar surface area (TPSA) is 115 Å². The monoisotopic (exact) mass is 461 g/mol. The summed E-state index contributed by atoms with van der Waals surface area (Å²) < 4.78 is 0. The van der Waals surface area contributed by atoms with Crippen LogP contribution < -0.4 is 26.6 Å². The lowest BCUT2D eigenvalue weighted by Gasteiger charge is -2.35. The molecule has 2 aliphatic rings. The van der Waals surface area contributed by atoms with Crippen LogP contribution in [0.1, 0.15) is 18.1 Å². The van der Waals surface area contributed by atoms with E-state index in [1.54, 1.807) is 6.92 Å². The minimum Gasteiger partial charge on any atom is -0.368 e. The second-order valence-corrected chi connectivity index (χ2v) is 8.67. The minimum absolute atomic E-state index is 0.125. The molecule has 0 aromatic heterocycles. The van der Waals surface area contributed by atoms with Crippen LogP contribution in [0.3, 0.4) is 0 Å². The molecule has 1 saturated heterocycles. The minimum atomic E-state index is -0.517. The lowest BCUT2D eigenvalue weighted by Crippen LogP contribution is -2.48. The maximum absolute atomic E-state index is 12.0. The van der Waals surface area contributed by atoms with Gasteiger partial charge in [-0.25, -0.2) is 0 Å². The molecule has 34 heavy (non-hydrogen) atoms. The summed E-state index contributed by atoms with van der Waals surface area (Å²) in [4.78, 5) is 32.2. The van der Waals surface area contributed by atoms with Crippen molar-refractivity contribution in [1.82, 2.24) is 10.2 Å². The first-order chi connectivity index (χ1) is 16.3. The van der Waals surface area contributed by atoms with Gasteiger partial charge in [0.25, 0.3) is 0 Å². The molecule has 2 heterocycles. The van der Waals surface area contributed by atoms with Gasteiger partial charge in [-0.05, 0) is 61.4 Å². The highest BCUT2D eigenvalue weighted by molar-refractivity contribution is 6.00. The Morgan fingerprint density at radius 3 is 2.18 bits per heavy atom. The van der Waals surface area contributed by atoms with Crippen LogP contribution in [-0.2, 0) is 9.59 Å². The highest BCUT2D eigenvalue weighted by Gasteiger charge is 2.21. The van der Waals surface area contributed by atoms with Crippen molar-refractivity contribution < 1.29 is 9.59 Å². The van der Waals surface area contributed by atoms with E-state index in [1.807, 2.05) is 43.0 Å². The van der Waals surface area contributed by atoms with Crippen LogP contribution in [-0.4, -0.2) is 55.4 Å². The summed E-state index contributed by atoms with van der Waals surface area (Å²) in [6, 6.07) is 14.2. The van der Waals surface area contributed by atoms with E-state index >= 15 is 0 Å². The number of amides is 2. The number of benzene rings is 2. The molecule has 2 aromatic rings. The number of nitrogens with one attached hydrogen (secondary N) is 3. The Hall–Kier alpha value is -4.01. The molecule has 0 atom stereocenters. The molecular formula is C25H31N7O2. The van der Waals surface area contributed by atoms with E-state index in [2.05, 4.69) is 44.0 Å². The Morgan fingerprint density at radius 2 is 1.59 bits per heavy atom.